The number of carboxylic acid groups (broad SMARTS) is 1. The number of fused-ring (bicyclic) bond motifs is 4. The Morgan fingerprint density at radius 2 is 1.42 bits per heavy atom. The molecule has 0 radical (unpaired) electrons. The minimum atomic E-state index is -0.941. The third kappa shape index (κ3) is 5.47. The minimum absolute atomic E-state index is 0.160. The van der Waals surface area contributed by atoms with Crippen molar-refractivity contribution in [2.24, 2.45) is 17.8 Å². The van der Waals surface area contributed by atoms with Gasteiger partial charge in [-0.15, -0.1) is 11.3 Å². The van der Waals surface area contributed by atoms with Crippen LogP contribution in [-0.2, 0) is 10.3 Å². The molecule has 4 heterocycles. The van der Waals surface area contributed by atoms with Gasteiger partial charge in [-0.2, -0.15) is 5.10 Å². The molecule has 4 aromatic heterocycles. The molecule has 2 unspecified atom stereocenters. The number of nitrogens with one attached hydrogen (secondary N) is 1. The third-order valence-electron chi connectivity index (χ3n) is 10.9. The molecule has 258 valence electrons. The first-order chi connectivity index (χ1) is 25.5. The van der Waals surface area contributed by atoms with Gasteiger partial charge in [0, 0.05) is 18.3 Å². The highest BCUT2D eigenvalue weighted by atomic mass is 35.5. The lowest BCUT2D eigenvalue weighted by Crippen LogP contribution is -2.51. The molecule has 0 spiro atoms. The molecular formula is C42H35ClN6O2S. The van der Waals surface area contributed by atoms with Crippen molar-refractivity contribution >= 4 is 45.8 Å². The van der Waals surface area contributed by atoms with Crippen molar-refractivity contribution in [3.63, 3.8) is 0 Å². The highest BCUT2D eigenvalue weighted by Crippen LogP contribution is 2.47. The molecule has 3 aliphatic rings. The maximum atomic E-state index is 12.6. The molecule has 3 aromatic carbocycles. The van der Waals surface area contributed by atoms with Gasteiger partial charge in [0.1, 0.15) is 17.1 Å². The minimum Gasteiger partial charge on any atom is -0.481 e. The number of aromatic nitrogens is 5. The van der Waals surface area contributed by atoms with Crippen molar-refractivity contribution in [2.45, 2.75) is 37.3 Å². The summed E-state index contributed by atoms with van der Waals surface area (Å²) in [5, 5.41) is 22.6. The van der Waals surface area contributed by atoms with Crippen molar-refractivity contribution in [2.75, 3.05) is 5.32 Å². The number of halogens is 1. The summed E-state index contributed by atoms with van der Waals surface area (Å²) in [6.45, 7) is 0. The maximum Gasteiger partial charge on any atom is 0.308 e. The van der Waals surface area contributed by atoms with Crippen molar-refractivity contribution < 1.29 is 9.90 Å². The molecule has 8 nitrogen and oxygen atoms in total. The molecule has 3 aliphatic carbocycles. The average molecular weight is 723 g/mol. The van der Waals surface area contributed by atoms with E-state index in [-0.39, 0.29) is 17.9 Å². The fourth-order valence-electron chi connectivity index (χ4n) is 8.64. The molecule has 7 aromatic rings. The molecule has 0 aliphatic heterocycles. The van der Waals surface area contributed by atoms with Crippen molar-refractivity contribution in [1.82, 2.24) is 24.7 Å². The van der Waals surface area contributed by atoms with Crippen LogP contribution in [0.25, 0.3) is 33.1 Å². The Labute approximate surface area is 310 Å². The lowest BCUT2D eigenvalue weighted by atomic mass is 9.61. The Balaban J connectivity index is 1.30. The monoisotopic (exact) mass is 722 g/mol. The highest BCUT2D eigenvalue weighted by Gasteiger charge is 2.47. The van der Waals surface area contributed by atoms with Crippen LogP contribution in [0.5, 0.6) is 0 Å². The van der Waals surface area contributed by atoms with Crippen LogP contribution in [0, 0.1) is 17.8 Å². The van der Waals surface area contributed by atoms with Crippen LogP contribution < -0.4 is 5.32 Å². The summed E-state index contributed by atoms with van der Waals surface area (Å²) < 4.78 is 1.99. The van der Waals surface area contributed by atoms with Gasteiger partial charge in [0.15, 0.2) is 11.5 Å². The molecule has 0 amide bonds. The number of anilines is 1. The molecule has 10 heteroatoms. The zero-order chi connectivity index (χ0) is 35.2. The molecule has 52 heavy (non-hydrogen) atoms. The fourth-order valence-corrected chi connectivity index (χ4v) is 9.49. The van der Waals surface area contributed by atoms with Crippen LogP contribution >= 0.6 is 22.9 Å². The van der Waals surface area contributed by atoms with Crippen molar-refractivity contribution in [3.8, 4) is 22.1 Å². The van der Waals surface area contributed by atoms with Gasteiger partial charge in [0.05, 0.1) is 26.9 Å². The zero-order valence-electron chi connectivity index (χ0n) is 28.1. The number of nitrogens with zero attached hydrogens (tertiary/aromatic N) is 5. The summed E-state index contributed by atoms with van der Waals surface area (Å²) in [4.78, 5) is 28.8. The van der Waals surface area contributed by atoms with Gasteiger partial charge in [-0.05, 0) is 71.7 Å². The van der Waals surface area contributed by atoms with Gasteiger partial charge in [0.2, 0.25) is 0 Å². The van der Waals surface area contributed by atoms with Gasteiger partial charge in [-0.25, -0.2) is 19.6 Å². The predicted molar refractivity (Wildman–Crippen MR) is 205 cm³/mol. The van der Waals surface area contributed by atoms with E-state index in [0.29, 0.717) is 33.4 Å². The third-order valence-corrected chi connectivity index (χ3v) is 12.0. The summed E-state index contributed by atoms with van der Waals surface area (Å²) in [5.74, 6) is 0.188. The van der Waals surface area contributed by atoms with Crippen LogP contribution in [-0.4, -0.2) is 41.9 Å². The molecular weight excluding hydrogens is 688 g/mol. The molecule has 0 saturated heterocycles. The predicted octanol–water partition coefficient (Wildman–Crippen LogP) is 9.41. The van der Waals surface area contributed by atoms with Crippen LogP contribution in [0.4, 0.5) is 5.82 Å². The molecule has 2 atom stereocenters. The van der Waals surface area contributed by atoms with Crippen LogP contribution in [0.15, 0.2) is 127 Å². The lowest BCUT2D eigenvalue weighted by Gasteiger charge is -2.47. The first kappa shape index (κ1) is 32.5. The van der Waals surface area contributed by atoms with Gasteiger partial charge in [-0.1, -0.05) is 109 Å². The molecule has 3 saturated carbocycles. The summed E-state index contributed by atoms with van der Waals surface area (Å²) in [6.07, 6.45) is 5.59. The van der Waals surface area contributed by atoms with E-state index in [1.54, 1.807) is 17.5 Å². The zero-order valence-corrected chi connectivity index (χ0v) is 29.7. The first-order valence-corrected chi connectivity index (χ1v) is 18.9. The number of carboxylic acids is 1. The Kier molecular flexibility index (Phi) is 8.32. The second kappa shape index (κ2) is 13.3. The summed E-state index contributed by atoms with van der Waals surface area (Å²) in [7, 11) is 0. The van der Waals surface area contributed by atoms with Crippen molar-refractivity contribution in [3.05, 3.63) is 149 Å². The normalized spacial score (nSPS) is 19.9. The van der Waals surface area contributed by atoms with E-state index < -0.39 is 17.4 Å². The smallest absolute Gasteiger partial charge is 0.308 e. The second-order valence-corrected chi connectivity index (χ2v) is 15.1. The Bertz CT molecular complexity index is 2260. The number of aliphatic carboxylic acids is 1. The summed E-state index contributed by atoms with van der Waals surface area (Å²) in [6, 6.07) is 38.6. The second-order valence-electron chi connectivity index (χ2n) is 13.7. The topological polar surface area (TPSA) is 106 Å². The summed E-state index contributed by atoms with van der Waals surface area (Å²) >= 11 is 8.29. The number of benzene rings is 3. The van der Waals surface area contributed by atoms with E-state index in [9.17, 15) is 9.90 Å². The Hall–Kier alpha value is -5.38. The fraction of sp³-hybridized carbons (Fsp3) is 0.214. The van der Waals surface area contributed by atoms with E-state index in [1.807, 2.05) is 88.9 Å². The number of rotatable bonds is 9. The average Bonchev–Trinajstić information content (AvgIpc) is 3.86. The SMILES string of the molecule is O=C(O)C1C2CCC(CC2)C1Nc1cc(-c2cccs2)nc(-c2nn(C(c3ccccc3)(c3ccccc3)c3ccccc3)c3ncc(Cl)cc23)n1. The number of pyridine rings is 1. The van der Waals surface area contributed by atoms with E-state index in [0.717, 1.165) is 52.9 Å². The molecule has 2 N–H and O–H groups in total. The standard InChI is InChI=1S/C42H35ClN6O2S/c43-31-23-32-38(39-45-33(34-17-10-22-52-34)24-35(47-39)46-37-27-20-18-26(19-21-27)36(37)41(50)51)48-49(40(32)44-25-31)42(28-11-4-1-5-12-28,29-13-6-2-7-14-29)30-15-8-3-9-16-30/h1-17,22-27,36-37H,18-21H2,(H,50,51)(H,45,46,47). The first-order valence-electron chi connectivity index (χ1n) is 17.6. The van der Waals surface area contributed by atoms with Gasteiger partial charge < -0.3 is 10.4 Å². The van der Waals surface area contributed by atoms with Crippen LogP contribution in [0.3, 0.4) is 0 Å². The van der Waals surface area contributed by atoms with Gasteiger partial charge >= 0.3 is 5.97 Å². The lowest BCUT2D eigenvalue weighted by molar-refractivity contribution is -0.148. The molecule has 3 fully saturated rings. The number of carbonyl (C=O) groups is 1. The largest absolute Gasteiger partial charge is 0.481 e. The van der Waals surface area contributed by atoms with Gasteiger partial charge in [-0.3, -0.25) is 4.79 Å². The maximum absolute atomic E-state index is 12.6. The van der Waals surface area contributed by atoms with E-state index >= 15 is 0 Å². The van der Waals surface area contributed by atoms with Crippen LogP contribution in [0.1, 0.15) is 42.4 Å². The Morgan fingerprint density at radius 1 is 0.808 bits per heavy atom. The van der Waals surface area contributed by atoms with E-state index in [2.05, 4.69) is 41.7 Å². The quantitative estimate of drug-likeness (QED) is 0.143. The molecule has 2 bridgehead atoms. The Morgan fingerprint density at radius 3 is 2.00 bits per heavy atom. The molecule has 10 rings (SSSR count). The van der Waals surface area contributed by atoms with Gasteiger partial charge in [0.25, 0.3) is 0 Å². The van der Waals surface area contributed by atoms with Crippen molar-refractivity contribution in [1.29, 1.82) is 0 Å². The number of hydrogen-bond donors (Lipinski definition) is 2. The van der Waals surface area contributed by atoms with E-state index in [4.69, 9.17) is 31.7 Å². The number of thiophene rings is 1. The van der Waals surface area contributed by atoms with E-state index in [1.165, 1.54) is 0 Å². The number of hydrogen-bond acceptors (Lipinski definition) is 7. The highest BCUT2D eigenvalue weighted by molar-refractivity contribution is 7.13. The summed E-state index contributed by atoms with van der Waals surface area (Å²) in [5.41, 5.74) is 3.94. The van der Waals surface area contributed by atoms with Crippen LogP contribution in [0.2, 0.25) is 5.02 Å².